The first-order chi connectivity index (χ1) is 9.28. The first-order valence-electron chi connectivity index (χ1n) is 7.40. The third kappa shape index (κ3) is 4.71. The van der Waals surface area contributed by atoms with Crippen molar-refractivity contribution in [3.05, 3.63) is 18.3 Å². The molecule has 0 aromatic carbocycles. The molecule has 1 aromatic heterocycles. The molecule has 0 aliphatic carbocycles. The van der Waals surface area contributed by atoms with Crippen molar-refractivity contribution in [1.29, 1.82) is 0 Å². The molecule has 0 bridgehead atoms. The van der Waals surface area contributed by atoms with Crippen LogP contribution in [0.1, 0.15) is 26.2 Å². The van der Waals surface area contributed by atoms with Gasteiger partial charge in [0, 0.05) is 31.0 Å². The van der Waals surface area contributed by atoms with E-state index in [0.29, 0.717) is 0 Å². The average molecular weight is 262 g/mol. The van der Waals surface area contributed by atoms with Gasteiger partial charge in [-0.25, -0.2) is 4.98 Å². The number of hydrogen-bond acceptors (Lipinski definition) is 4. The Morgan fingerprint density at radius 2 is 2.11 bits per heavy atom. The Kier molecular flexibility index (Phi) is 5.45. The van der Waals surface area contributed by atoms with Crippen molar-refractivity contribution in [3.8, 4) is 0 Å². The number of aromatic nitrogens is 1. The van der Waals surface area contributed by atoms with Crippen molar-refractivity contribution in [2.24, 2.45) is 5.92 Å². The maximum atomic E-state index is 4.28. The molecule has 0 saturated carbocycles. The van der Waals surface area contributed by atoms with E-state index in [9.17, 15) is 0 Å². The van der Waals surface area contributed by atoms with Gasteiger partial charge in [0.25, 0.3) is 0 Å². The zero-order valence-corrected chi connectivity index (χ0v) is 12.2. The van der Waals surface area contributed by atoms with Crippen LogP contribution < -0.4 is 10.6 Å². The highest BCUT2D eigenvalue weighted by atomic mass is 15.1. The lowest BCUT2D eigenvalue weighted by Crippen LogP contribution is -2.30. The SMILES string of the molecule is CCNc1cc(NCCC2CCN(C)CC2)ccn1. The molecule has 2 heterocycles. The van der Waals surface area contributed by atoms with Gasteiger partial charge in [-0.1, -0.05) is 0 Å². The molecule has 4 heteroatoms. The molecule has 106 valence electrons. The summed E-state index contributed by atoms with van der Waals surface area (Å²) in [5.41, 5.74) is 1.17. The van der Waals surface area contributed by atoms with Gasteiger partial charge in [0.1, 0.15) is 5.82 Å². The molecular formula is C15H26N4. The number of pyridine rings is 1. The van der Waals surface area contributed by atoms with Gasteiger partial charge in [-0.3, -0.25) is 0 Å². The Hall–Kier alpha value is -1.29. The molecule has 0 radical (unpaired) electrons. The smallest absolute Gasteiger partial charge is 0.127 e. The summed E-state index contributed by atoms with van der Waals surface area (Å²) in [4.78, 5) is 6.70. The van der Waals surface area contributed by atoms with E-state index in [1.54, 1.807) is 0 Å². The highest BCUT2D eigenvalue weighted by Crippen LogP contribution is 2.20. The van der Waals surface area contributed by atoms with E-state index in [1.807, 2.05) is 12.3 Å². The monoisotopic (exact) mass is 262 g/mol. The summed E-state index contributed by atoms with van der Waals surface area (Å²) < 4.78 is 0. The zero-order chi connectivity index (χ0) is 13.5. The van der Waals surface area contributed by atoms with E-state index in [-0.39, 0.29) is 0 Å². The third-order valence-corrected chi connectivity index (χ3v) is 3.84. The average Bonchev–Trinajstić information content (AvgIpc) is 2.42. The lowest BCUT2D eigenvalue weighted by Gasteiger charge is -2.29. The molecule has 19 heavy (non-hydrogen) atoms. The topological polar surface area (TPSA) is 40.2 Å². The van der Waals surface area contributed by atoms with E-state index in [4.69, 9.17) is 0 Å². The summed E-state index contributed by atoms with van der Waals surface area (Å²) in [5.74, 6) is 1.84. The summed E-state index contributed by atoms with van der Waals surface area (Å²) in [5, 5.41) is 6.74. The highest BCUT2D eigenvalue weighted by Gasteiger charge is 2.15. The number of anilines is 2. The molecule has 1 aliphatic rings. The first-order valence-corrected chi connectivity index (χ1v) is 7.40. The van der Waals surface area contributed by atoms with Gasteiger partial charge in [-0.05, 0) is 58.3 Å². The van der Waals surface area contributed by atoms with Gasteiger partial charge in [0.15, 0.2) is 0 Å². The molecule has 0 spiro atoms. The van der Waals surface area contributed by atoms with Crippen molar-refractivity contribution in [3.63, 3.8) is 0 Å². The van der Waals surface area contributed by atoms with Gasteiger partial charge in [-0.2, -0.15) is 0 Å². The van der Waals surface area contributed by atoms with Crippen molar-refractivity contribution in [2.45, 2.75) is 26.2 Å². The van der Waals surface area contributed by atoms with Gasteiger partial charge in [0.05, 0.1) is 0 Å². The van der Waals surface area contributed by atoms with Crippen LogP contribution in [0, 0.1) is 5.92 Å². The van der Waals surface area contributed by atoms with Gasteiger partial charge >= 0.3 is 0 Å². The van der Waals surface area contributed by atoms with Crippen LogP contribution in [0.15, 0.2) is 18.3 Å². The fourth-order valence-electron chi connectivity index (χ4n) is 2.59. The molecule has 2 rings (SSSR count). The predicted octanol–water partition coefficient (Wildman–Crippen LogP) is 2.66. The Bertz CT molecular complexity index is 372. The van der Waals surface area contributed by atoms with E-state index in [1.165, 1.54) is 38.0 Å². The largest absolute Gasteiger partial charge is 0.385 e. The summed E-state index contributed by atoms with van der Waals surface area (Å²) in [7, 11) is 2.22. The number of nitrogens with zero attached hydrogens (tertiary/aromatic N) is 2. The lowest BCUT2D eigenvalue weighted by atomic mass is 9.94. The Balaban J connectivity index is 1.71. The van der Waals surface area contributed by atoms with Gasteiger partial charge in [-0.15, -0.1) is 0 Å². The maximum Gasteiger partial charge on any atom is 0.127 e. The molecule has 2 N–H and O–H groups in total. The van der Waals surface area contributed by atoms with Crippen LogP contribution in [0.5, 0.6) is 0 Å². The van der Waals surface area contributed by atoms with E-state index < -0.39 is 0 Å². The number of likely N-dealkylation sites (tertiary alicyclic amines) is 1. The molecule has 0 atom stereocenters. The summed E-state index contributed by atoms with van der Waals surface area (Å²) in [6.07, 6.45) is 5.82. The highest BCUT2D eigenvalue weighted by molar-refractivity contribution is 5.51. The van der Waals surface area contributed by atoms with Crippen LogP contribution in [0.25, 0.3) is 0 Å². The predicted molar refractivity (Wildman–Crippen MR) is 81.7 cm³/mol. The van der Waals surface area contributed by atoms with E-state index >= 15 is 0 Å². The minimum Gasteiger partial charge on any atom is -0.385 e. The van der Waals surface area contributed by atoms with Crippen molar-refractivity contribution >= 4 is 11.5 Å². The first kappa shape index (κ1) is 14.1. The number of nitrogens with one attached hydrogen (secondary N) is 2. The normalized spacial score (nSPS) is 17.4. The number of rotatable bonds is 6. The lowest BCUT2D eigenvalue weighted by molar-refractivity contribution is 0.215. The molecule has 1 fully saturated rings. The Labute approximate surface area is 116 Å². The minimum absolute atomic E-state index is 0.888. The van der Waals surface area contributed by atoms with Gasteiger partial charge in [0.2, 0.25) is 0 Å². The minimum atomic E-state index is 0.888. The van der Waals surface area contributed by atoms with Crippen LogP contribution in [-0.2, 0) is 0 Å². The Morgan fingerprint density at radius 1 is 1.32 bits per heavy atom. The summed E-state index contributed by atoms with van der Waals surface area (Å²) in [6, 6.07) is 4.12. The molecule has 0 unspecified atom stereocenters. The number of hydrogen-bond donors (Lipinski definition) is 2. The molecule has 4 nitrogen and oxygen atoms in total. The van der Waals surface area contributed by atoms with Crippen LogP contribution in [-0.4, -0.2) is 43.1 Å². The molecule has 1 saturated heterocycles. The second-order valence-electron chi connectivity index (χ2n) is 5.42. The fraction of sp³-hybridized carbons (Fsp3) is 0.667. The van der Waals surface area contributed by atoms with Crippen LogP contribution in [0.2, 0.25) is 0 Å². The second-order valence-corrected chi connectivity index (χ2v) is 5.42. The number of piperidine rings is 1. The maximum absolute atomic E-state index is 4.28. The van der Waals surface area contributed by atoms with Crippen LogP contribution in [0.3, 0.4) is 0 Å². The Morgan fingerprint density at radius 3 is 2.84 bits per heavy atom. The van der Waals surface area contributed by atoms with Crippen LogP contribution in [0.4, 0.5) is 11.5 Å². The molecule has 1 aromatic rings. The van der Waals surface area contributed by atoms with Gasteiger partial charge < -0.3 is 15.5 Å². The second kappa shape index (κ2) is 7.34. The quantitative estimate of drug-likeness (QED) is 0.827. The summed E-state index contributed by atoms with van der Waals surface area (Å²) in [6.45, 7) is 6.56. The molecule has 1 aliphatic heterocycles. The third-order valence-electron chi connectivity index (χ3n) is 3.84. The van der Waals surface area contributed by atoms with E-state index in [2.05, 4.69) is 40.6 Å². The van der Waals surface area contributed by atoms with Crippen molar-refractivity contribution in [2.75, 3.05) is 43.9 Å². The van der Waals surface area contributed by atoms with Crippen LogP contribution >= 0.6 is 0 Å². The molecular weight excluding hydrogens is 236 g/mol. The summed E-state index contributed by atoms with van der Waals surface area (Å²) >= 11 is 0. The fourth-order valence-corrected chi connectivity index (χ4v) is 2.59. The standard InChI is InChI=1S/C15H26N4/c1-3-16-15-12-14(5-9-18-15)17-8-4-13-6-10-19(2)11-7-13/h5,9,12-13H,3-4,6-8,10-11H2,1-2H3,(H2,16,17,18). The van der Waals surface area contributed by atoms with Crippen molar-refractivity contribution in [1.82, 2.24) is 9.88 Å². The molecule has 0 amide bonds. The van der Waals surface area contributed by atoms with Crippen molar-refractivity contribution < 1.29 is 0 Å². The van der Waals surface area contributed by atoms with E-state index in [0.717, 1.165) is 24.8 Å². The zero-order valence-electron chi connectivity index (χ0n) is 12.2.